The zero-order valence-electron chi connectivity index (χ0n) is 17.7. The first-order valence-electron chi connectivity index (χ1n) is 10.2. The Morgan fingerprint density at radius 2 is 1.90 bits per heavy atom. The van der Waals surface area contributed by atoms with Crippen LogP contribution >= 0.6 is 0 Å². The summed E-state index contributed by atoms with van der Waals surface area (Å²) >= 11 is 0. The van der Waals surface area contributed by atoms with E-state index in [4.69, 9.17) is 0 Å². The maximum absolute atomic E-state index is 13.7. The summed E-state index contributed by atoms with van der Waals surface area (Å²) in [6.07, 6.45) is -1.13. The van der Waals surface area contributed by atoms with Crippen molar-refractivity contribution in [1.82, 2.24) is 24.8 Å². The highest BCUT2D eigenvalue weighted by Crippen LogP contribution is 2.40. The van der Waals surface area contributed by atoms with Gasteiger partial charge >= 0.3 is 6.18 Å². The lowest BCUT2D eigenvalue weighted by atomic mass is 9.98. The van der Waals surface area contributed by atoms with Crippen LogP contribution in [0.1, 0.15) is 19.2 Å². The van der Waals surface area contributed by atoms with Gasteiger partial charge in [0.25, 0.3) is 0 Å². The fraction of sp³-hybridized carbons (Fsp3) is 0.550. The van der Waals surface area contributed by atoms with Crippen LogP contribution in [0.4, 0.5) is 19.0 Å². The number of nitrogens with zero attached hydrogens (tertiary/aromatic N) is 6. The van der Waals surface area contributed by atoms with Gasteiger partial charge in [-0.1, -0.05) is 6.07 Å². The molecule has 0 bridgehead atoms. The Labute approximate surface area is 179 Å². The van der Waals surface area contributed by atoms with Gasteiger partial charge in [-0.3, -0.25) is 4.99 Å². The second kappa shape index (κ2) is 9.54. The molecule has 1 saturated heterocycles. The predicted octanol–water partition coefficient (Wildman–Crippen LogP) is 1.74. The SMILES string of the molecule is CCNC(=NCCC(O)(c1nccn1C)C(F)(F)F)N1CCN(c2ccccn2)CC1. The number of nitrogens with one attached hydrogen (secondary N) is 1. The lowest BCUT2D eigenvalue weighted by Gasteiger charge is -2.37. The molecule has 3 heterocycles. The van der Waals surface area contributed by atoms with Crippen LogP contribution in [-0.2, 0) is 12.6 Å². The van der Waals surface area contributed by atoms with E-state index in [1.54, 1.807) is 6.20 Å². The summed E-state index contributed by atoms with van der Waals surface area (Å²) in [6.45, 7) is 5.05. The molecule has 11 heteroatoms. The number of imidazole rings is 1. The Morgan fingerprint density at radius 3 is 2.45 bits per heavy atom. The van der Waals surface area contributed by atoms with Gasteiger partial charge in [-0.05, 0) is 19.1 Å². The van der Waals surface area contributed by atoms with Crippen molar-refractivity contribution in [2.24, 2.45) is 12.0 Å². The summed E-state index contributed by atoms with van der Waals surface area (Å²) in [5.74, 6) is 0.992. The molecule has 170 valence electrons. The van der Waals surface area contributed by atoms with E-state index in [1.807, 2.05) is 30.0 Å². The second-order valence-corrected chi connectivity index (χ2v) is 7.37. The molecule has 1 aliphatic rings. The smallest absolute Gasteiger partial charge is 0.374 e. The van der Waals surface area contributed by atoms with Crippen molar-refractivity contribution in [2.45, 2.75) is 25.1 Å². The normalized spacial score (nSPS) is 17.5. The van der Waals surface area contributed by atoms with Gasteiger partial charge in [0.2, 0.25) is 5.60 Å². The number of aromatic nitrogens is 3. The van der Waals surface area contributed by atoms with Gasteiger partial charge in [0.1, 0.15) is 11.6 Å². The van der Waals surface area contributed by atoms with E-state index in [1.165, 1.54) is 24.0 Å². The van der Waals surface area contributed by atoms with E-state index in [0.717, 1.165) is 18.9 Å². The number of guanidine groups is 1. The molecule has 8 nitrogen and oxygen atoms in total. The summed E-state index contributed by atoms with van der Waals surface area (Å²) in [5, 5.41) is 13.6. The van der Waals surface area contributed by atoms with E-state index >= 15 is 0 Å². The van der Waals surface area contributed by atoms with Gasteiger partial charge in [-0.25, -0.2) is 9.97 Å². The number of aliphatic imine (C=N–C) groups is 1. The number of rotatable bonds is 6. The third kappa shape index (κ3) is 5.09. The van der Waals surface area contributed by atoms with Crippen molar-refractivity contribution in [2.75, 3.05) is 44.2 Å². The minimum atomic E-state index is -4.87. The fourth-order valence-electron chi connectivity index (χ4n) is 3.58. The third-order valence-electron chi connectivity index (χ3n) is 5.28. The van der Waals surface area contributed by atoms with Gasteiger partial charge in [-0.2, -0.15) is 13.2 Å². The molecule has 2 N–H and O–H groups in total. The van der Waals surface area contributed by atoms with E-state index < -0.39 is 24.0 Å². The van der Waals surface area contributed by atoms with Crippen LogP contribution in [-0.4, -0.2) is 75.9 Å². The molecule has 1 unspecified atom stereocenters. The van der Waals surface area contributed by atoms with Crippen LogP contribution in [0, 0.1) is 0 Å². The molecule has 1 fully saturated rings. The number of piperazine rings is 1. The molecule has 0 aromatic carbocycles. The Hall–Kier alpha value is -2.82. The molecule has 0 amide bonds. The number of anilines is 1. The number of hydrogen-bond acceptors (Lipinski definition) is 5. The Balaban J connectivity index is 1.67. The van der Waals surface area contributed by atoms with Crippen molar-refractivity contribution in [3.8, 4) is 0 Å². The van der Waals surface area contributed by atoms with Gasteiger partial charge < -0.3 is 24.8 Å². The number of alkyl halides is 3. The first-order chi connectivity index (χ1) is 14.8. The first kappa shape index (κ1) is 22.9. The van der Waals surface area contributed by atoms with Crippen LogP contribution in [0.2, 0.25) is 0 Å². The van der Waals surface area contributed by atoms with Crippen molar-refractivity contribution >= 4 is 11.8 Å². The summed E-state index contributed by atoms with van der Waals surface area (Å²) in [5.41, 5.74) is -3.07. The molecule has 0 saturated carbocycles. The topological polar surface area (TPSA) is 81.8 Å². The molecule has 1 atom stereocenters. The fourth-order valence-corrected chi connectivity index (χ4v) is 3.58. The molecule has 0 spiro atoms. The number of pyridine rings is 1. The highest BCUT2D eigenvalue weighted by molar-refractivity contribution is 5.80. The zero-order valence-corrected chi connectivity index (χ0v) is 17.7. The van der Waals surface area contributed by atoms with E-state index in [-0.39, 0.29) is 6.54 Å². The van der Waals surface area contributed by atoms with E-state index in [0.29, 0.717) is 25.6 Å². The summed E-state index contributed by atoms with van der Waals surface area (Å²) < 4.78 is 42.2. The average Bonchev–Trinajstić information content (AvgIpc) is 3.19. The monoisotopic (exact) mass is 439 g/mol. The van der Waals surface area contributed by atoms with Crippen LogP contribution in [0.15, 0.2) is 41.8 Å². The Morgan fingerprint density at radius 1 is 1.16 bits per heavy atom. The molecular weight excluding hydrogens is 411 g/mol. The molecule has 2 aromatic rings. The molecule has 31 heavy (non-hydrogen) atoms. The second-order valence-electron chi connectivity index (χ2n) is 7.37. The summed E-state index contributed by atoms with van der Waals surface area (Å²) in [4.78, 5) is 16.6. The van der Waals surface area contributed by atoms with Crippen LogP contribution in [0.25, 0.3) is 0 Å². The van der Waals surface area contributed by atoms with Crippen LogP contribution in [0.5, 0.6) is 0 Å². The van der Waals surface area contributed by atoms with E-state index in [9.17, 15) is 18.3 Å². The third-order valence-corrected chi connectivity index (χ3v) is 5.28. The largest absolute Gasteiger partial charge is 0.424 e. The molecule has 0 radical (unpaired) electrons. The van der Waals surface area contributed by atoms with Gasteiger partial charge in [0, 0.05) is 71.3 Å². The van der Waals surface area contributed by atoms with E-state index in [2.05, 4.69) is 25.2 Å². The Bertz CT molecular complexity index is 863. The minimum absolute atomic E-state index is 0.203. The van der Waals surface area contributed by atoms with Crippen LogP contribution < -0.4 is 10.2 Å². The standard InChI is InChI=1S/C20H28F3N7O/c1-3-24-18(30-14-12-29(13-15-30)16-6-4-5-8-25-16)27-9-7-19(31,20(21,22)23)17-26-10-11-28(17)2/h4-6,8,10-11,31H,3,7,9,12-15H2,1-2H3,(H,24,27). The quantitative estimate of drug-likeness (QED) is 0.527. The Kier molecular flexibility index (Phi) is 7.04. The number of aliphatic hydroxyl groups is 1. The van der Waals surface area contributed by atoms with Crippen molar-refractivity contribution in [3.63, 3.8) is 0 Å². The molecular formula is C20H28F3N7O. The van der Waals surface area contributed by atoms with Crippen molar-refractivity contribution in [3.05, 3.63) is 42.6 Å². The summed E-state index contributed by atoms with van der Waals surface area (Å²) in [7, 11) is 1.42. The molecule has 1 aliphatic heterocycles. The number of halogens is 3. The molecule has 0 aliphatic carbocycles. The minimum Gasteiger partial charge on any atom is -0.374 e. The number of hydrogen-bond donors (Lipinski definition) is 2. The van der Waals surface area contributed by atoms with Crippen molar-refractivity contribution in [1.29, 1.82) is 0 Å². The molecule has 3 rings (SSSR count). The predicted molar refractivity (Wildman–Crippen MR) is 112 cm³/mol. The first-order valence-corrected chi connectivity index (χ1v) is 10.2. The lowest BCUT2D eigenvalue weighted by molar-refractivity contribution is -0.272. The van der Waals surface area contributed by atoms with Gasteiger partial charge in [0.05, 0.1) is 0 Å². The average molecular weight is 439 g/mol. The highest BCUT2D eigenvalue weighted by atomic mass is 19.4. The van der Waals surface area contributed by atoms with Crippen molar-refractivity contribution < 1.29 is 18.3 Å². The summed E-state index contributed by atoms with van der Waals surface area (Å²) in [6, 6.07) is 5.75. The van der Waals surface area contributed by atoms with Gasteiger partial charge in [0.15, 0.2) is 5.96 Å². The maximum Gasteiger partial charge on any atom is 0.424 e. The lowest BCUT2D eigenvalue weighted by Crippen LogP contribution is -2.53. The molecule has 2 aromatic heterocycles. The zero-order chi connectivity index (χ0) is 22.5. The van der Waals surface area contributed by atoms with Gasteiger partial charge in [-0.15, -0.1) is 0 Å². The maximum atomic E-state index is 13.7. The van der Waals surface area contributed by atoms with Crippen LogP contribution in [0.3, 0.4) is 0 Å². The number of aryl methyl sites for hydroxylation is 1. The highest BCUT2D eigenvalue weighted by Gasteiger charge is 2.57.